The molecule has 0 spiro atoms. The van der Waals surface area contributed by atoms with Crippen LogP contribution in [-0.4, -0.2) is 27.6 Å². The summed E-state index contributed by atoms with van der Waals surface area (Å²) in [5, 5.41) is 5.53. The molecule has 0 aromatic carbocycles. The molecule has 0 aromatic heterocycles. The van der Waals surface area contributed by atoms with E-state index in [9.17, 15) is 4.79 Å². The predicted octanol–water partition coefficient (Wildman–Crippen LogP) is 4.65. The molecule has 102 valence electrons. The minimum absolute atomic E-state index is 0.0313. The number of carbonyl (C=O) groups excluding carboxylic acids is 1. The summed E-state index contributed by atoms with van der Waals surface area (Å²) < 4.78 is 5.47. The van der Waals surface area contributed by atoms with Gasteiger partial charge in [0.2, 0.25) is 0 Å². The van der Waals surface area contributed by atoms with Gasteiger partial charge < -0.3 is 0 Å². The number of carbonyl (C=O) groups is 1. The molecule has 0 fully saturated rings. The molecule has 0 radical (unpaired) electrons. The average Bonchev–Trinajstić information content (AvgIpc) is 2.22. The average molecular weight is 319 g/mol. The first-order chi connectivity index (χ1) is 7.78. The molecule has 0 saturated carbocycles. The van der Waals surface area contributed by atoms with Crippen molar-refractivity contribution in [2.24, 2.45) is 0 Å². The molecule has 0 aliphatic carbocycles. The molecule has 0 unspecified atom stereocenters. The standard InChI is InChI=1S/C13H30GeO2Si/c1-7-14(8-2,9-3)12-10-11-13(15)16-17(4,5)6/h7-12H2,1-6H3. The molecule has 0 rings (SSSR count). The van der Waals surface area contributed by atoms with Crippen molar-refractivity contribution in [1.29, 1.82) is 0 Å². The van der Waals surface area contributed by atoms with Crippen molar-refractivity contribution >= 4 is 27.6 Å². The normalized spacial score (nSPS) is 12.6. The molecule has 2 nitrogen and oxygen atoms in total. The Kier molecular flexibility index (Phi) is 7.72. The third kappa shape index (κ3) is 7.29. The Morgan fingerprint density at radius 1 is 1.06 bits per heavy atom. The van der Waals surface area contributed by atoms with Gasteiger partial charge in [-0.1, -0.05) is 0 Å². The monoisotopic (exact) mass is 320 g/mol. The Morgan fingerprint density at radius 3 is 1.88 bits per heavy atom. The van der Waals surface area contributed by atoms with Crippen molar-refractivity contribution in [2.45, 2.75) is 74.3 Å². The molecule has 0 atom stereocenters. The molecule has 0 heterocycles. The zero-order chi connectivity index (χ0) is 13.5. The Hall–Kier alpha value is 0.230. The summed E-state index contributed by atoms with van der Waals surface area (Å²) in [7, 11) is -1.68. The van der Waals surface area contributed by atoms with E-state index in [1.165, 1.54) is 21.0 Å². The van der Waals surface area contributed by atoms with Crippen molar-refractivity contribution in [3.63, 3.8) is 0 Å². The van der Waals surface area contributed by atoms with Gasteiger partial charge in [-0.15, -0.1) is 0 Å². The Balaban J connectivity index is 4.01. The van der Waals surface area contributed by atoms with E-state index in [1.54, 1.807) is 0 Å². The summed E-state index contributed by atoms with van der Waals surface area (Å²) in [5.41, 5.74) is 0. The number of hydrogen-bond donors (Lipinski definition) is 0. The van der Waals surface area contributed by atoms with E-state index in [0.29, 0.717) is 6.42 Å². The summed E-state index contributed by atoms with van der Waals surface area (Å²) in [6, 6.07) is 0. The number of rotatable bonds is 8. The van der Waals surface area contributed by atoms with Gasteiger partial charge in [-0.3, -0.25) is 0 Å². The van der Waals surface area contributed by atoms with Gasteiger partial charge in [-0.05, 0) is 0 Å². The van der Waals surface area contributed by atoms with Crippen LogP contribution in [0.3, 0.4) is 0 Å². The van der Waals surface area contributed by atoms with Crippen molar-refractivity contribution in [3.05, 3.63) is 0 Å². The van der Waals surface area contributed by atoms with E-state index in [0.717, 1.165) is 6.42 Å². The summed E-state index contributed by atoms with van der Waals surface area (Å²) in [6.07, 6.45) is 1.69. The van der Waals surface area contributed by atoms with E-state index in [-0.39, 0.29) is 5.97 Å². The molecular formula is C13H30GeO2Si. The fourth-order valence-corrected chi connectivity index (χ4v) is 10.4. The molecule has 0 aromatic rings. The minimum atomic E-state index is -1.68. The Labute approximate surface area is 111 Å². The molecule has 0 aliphatic heterocycles. The van der Waals surface area contributed by atoms with Crippen molar-refractivity contribution < 1.29 is 9.22 Å². The van der Waals surface area contributed by atoms with Crippen molar-refractivity contribution in [1.82, 2.24) is 0 Å². The molecule has 0 amide bonds. The van der Waals surface area contributed by atoms with Crippen LogP contribution in [0.25, 0.3) is 0 Å². The SMILES string of the molecule is C[CH2][Ge]([CH2]C)([CH2]C)[CH2]CCC(=O)O[Si](C)(C)C. The van der Waals surface area contributed by atoms with Gasteiger partial charge in [-0.2, -0.15) is 0 Å². The summed E-state index contributed by atoms with van der Waals surface area (Å²) in [4.78, 5) is 11.6. The fourth-order valence-electron chi connectivity index (χ4n) is 2.28. The predicted molar refractivity (Wildman–Crippen MR) is 80.7 cm³/mol. The molecule has 0 aliphatic rings. The van der Waals surface area contributed by atoms with Crippen LogP contribution in [0.1, 0.15) is 33.6 Å². The summed E-state index contributed by atoms with van der Waals surface area (Å²) in [6.45, 7) is 13.2. The third-order valence-corrected chi connectivity index (χ3v) is 17.0. The second-order valence-corrected chi connectivity index (χ2v) is 22.2. The first-order valence-electron chi connectivity index (χ1n) is 7.00. The van der Waals surface area contributed by atoms with Crippen LogP contribution in [0, 0.1) is 0 Å². The fraction of sp³-hybridized carbons (Fsp3) is 0.923. The molecular weight excluding hydrogens is 289 g/mol. The quantitative estimate of drug-likeness (QED) is 0.609. The second kappa shape index (κ2) is 7.62. The van der Waals surface area contributed by atoms with Gasteiger partial charge in [0.25, 0.3) is 0 Å². The topological polar surface area (TPSA) is 26.3 Å². The summed E-state index contributed by atoms with van der Waals surface area (Å²) in [5.74, 6) is 0.0313. The van der Waals surface area contributed by atoms with E-state index in [1.807, 2.05) is 0 Å². The maximum atomic E-state index is 11.6. The van der Waals surface area contributed by atoms with Crippen LogP contribution < -0.4 is 0 Å². The molecule has 17 heavy (non-hydrogen) atoms. The first kappa shape index (κ1) is 17.2. The van der Waals surface area contributed by atoms with E-state index in [4.69, 9.17) is 4.43 Å². The first-order valence-corrected chi connectivity index (χ1v) is 16.3. The van der Waals surface area contributed by atoms with Gasteiger partial charge in [-0.25, -0.2) is 0 Å². The van der Waals surface area contributed by atoms with Crippen LogP contribution in [0.4, 0.5) is 0 Å². The van der Waals surface area contributed by atoms with Gasteiger partial charge >= 0.3 is 111 Å². The van der Waals surface area contributed by atoms with Crippen molar-refractivity contribution in [3.8, 4) is 0 Å². The summed E-state index contributed by atoms with van der Waals surface area (Å²) >= 11 is -1.56. The number of hydrogen-bond acceptors (Lipinski definition) is 2. The van der Waals surface area contributed by atoms with Crippen molar-refractivity contribution in [2.75, 3.05) is 0 Å². The van der Waals surface area contributed by atoms with E-state index < -0.39 is 21.6 Å². The molecule has 0 N–H and O–H groups in total. The van der Waals surface area contributed by atoms with Crippen LogP contribution in [0.2, 0.25) is 40.7 Å². The zero-order valence-electron chi connectivity index (χ0n) is 12.6. The van der Waals surface area contributed by atoms with Gasteiger partial charge in [0, 0.05) is 0 Å². The molecule has 0 bridgehead atoms. The van der Waals surface area contributed by atoms with Crippen LogP contribution >= 0.6 is 0 Å². The van der Waals surface area contributed by atoms with Gasteiger partial charge in [0.05, 0.1) is 0 Å². The van der Waals surface area contributed by atoms with Crippen LogP contribution in [-0.2, 0) is 9.22 Å². The van der Waals surface area contributed by atoms with Gasteiger partial charge in [0.1, 0.15) is 0 Å². The molecule has 0 saturated heterocycles. The van der Waals surface area contributed by atoms with E-state index >= 15 is 0 Å². The Morgan fingerprint density at radius 2 is 1.53 bits per heavy atom. The third-order valence-electron chi connectivity index (χ3n) is 3.76. The van der Waals surface area contributed by atoms with Crippen LogP contribution in [0.5, 0.6) is 0 Å². The zero-order valence-corrected chi connectivity index (χ0v) is 15.7. The maximum absolute atomic E-state index is 11.6. The van der Waals surface area contributed by atoms with Crippen LogP contribution in [0.15, 0.2) is 0 Å². The Bertz CT molecular complexity index is 224. The molecule has 4 heteroatoms. The van der Waals surface area contributed by atoms with E-state index in [2.05, 4.69) is 40.4 Å². The second-order valence-electron chi connectivity index (χ2n) is 6.00. The van der Waals surface area contributed by atoms with Gasteiger partial charge in [0.15, 0.2) is 0 Å².